The molecule has 2 N–H and O–H groups in total. The number of nitrogens with zero attached hydrogens (tertiary/aromatic N) is 3. The monoisotopic (exact) mass is 248 g/mol. The van der Waals surface area contributed by atoms with Crippen LogP contribution in [0.1, 0.15) is 5.56 Å². The molecular weight excluding hydrogens is 236 g/mol. The highest BCUT2D eigenvalue weighted by Crippen LogP contribution is 2.23. The Morgan fingerprint density at radius 1 is 1.35 bits per heavy atom. The van der Waals surface area contributed by atoms with Crippen LogP contribution in [0, 0.1) is 0 Å². The van der Waals surface area contributed by atoms with Gasteiger partial charge >= 0.3 is 5.69 Å². The molecule has 1 heterocycles. The second-order valence-electron chi connectivity index (χ2n) is 3.48. The molecule has 1 aromatic heterocycles. The number of hydrogen-bond donors (Lipinski definition) is 1. The Labute approximate surface area is 103 Å². The SMILES string of the molecule is Cn1nc(SCc2ccccc2)c(N)nc1=O. The summed E-state index contributed by atoms with van der Waals surface area (Å²) in [7, 11) is 1.56. The minimum Gasteiger partial charge on any atom is -0.381 e. The Hall–Kier alpha value is -1.82. The van der Waals surface area contributed by atoms with E-state index in [0.717, 1.165) is 5.75 Å². The maximum absolute atomic E-state index is 11.2. The lowest BCUT2D eigenvalue weighted by molar-refractivity contribution is 0.639. The van der Waals surface area contributed by atoms with Crippen molar-refractivity contribution in [3.8, 4) is 0 Å². The molecule has 0 saturated carbocycles. The van der Waals surface area contributed by atoms with Gasteiger partial charge in [-0.1, -0.05) is 42.1 Å². The van der Waals surface area contributed by atoms with Crippen LogP contribution in [0.15, 0.2) is 40.2 Å². The molecule has 0 unspecified atom stereocenters. The maximum Gasteiger partial charge on any atom is 0.365 e. The molecule has 0 aliphatic rings. The Morgan fingerprint density at radius 3 is 2.76 bits per heavy atom. The lowest BCUT2D eigenvalue weighted by Crippen LogP contribution is -2.24. The first-order chi connectivity index (χ1) is 8.16. The van der Waals surface area contributed by atoms with Gasteiger partial charge in [-0.2, -0.15) is 10.1 Å². The van der Waals surface area contributed by atoms with Crippen molar-refractivity contribution in [3.05, 3.63) is 46.4 Å². The molecule has 1 aromatic carbocycles. The summed E-state index contributed by atoms with van der Waals surface area (Å²) in [5.41, 5.74) is 6.38. The molecule has 88 valence electrons. The largest absolute Gasteiger partial charge is 0.381 e. The summed E-state index contributed by atoms with van der Waals surface area (Å²) in [5.74, 6) is 0.937. The van der Waals surface area contributed by atoms with Crippen LogP contribution in [0.25, 0.3) is 0 Å². The molecule has 2 aromatic rings. The fourth-order valence-electron chi connectivity index (χ4n) is 1.28. The van der Waals surface area contributed by atoms with Crippen LogP contribution in [0.2, 0.25) is 0 Å². The summed E-state index contributed by atoms with van der Waals surface area (Å²) in [6, 6.07) is 9.98. The number of hydrogen-bond acceptors (Lipinski definition) is 5. The van der Waals surface area contributed by atoms with Gasteiger partial charge in [0, 0.05) is 12.8 Å². The highest BCUT2D eigenvalue weighted by Gasteiger charge is 2.06. The van der Waals surface area contributed by atoms with E-state index < -0.39 is 5.69 Å². The van der Waals surface area contributed by atoms with Gasteiger partial charge in [0.2, 0.25) is 0 Å². The average Bonchev–Trinajstić information content (AvgIpc) is 2.33. The fourth-order valence-corrected chi connectivity index (χ4v) is 2.15. The topological polar surface area (TPSA) is 73.8 Å². The van der Waals surface area contributed by atoms with E-state index in [1.165, 1.54) is 22.0 Å². The van der Waals surface area contributed by atoms with E-state index in [1.807, 2.05) is 30.3 Å². The van der Waals surface area contributed by atoms with Crippen LogP contribution < -0.4 is 11.4 Å². The zero-order valence-electron chi connectivity index (χ0n) is 9.33. The molecule has 0 bridgehead atoms. The number of rotatable bonds is 3. The minimum absolute atomic E-state index is 0.189. The van der Waals surface area contributed by atoms with Crippen LogP contribution >= 0.6 is 11.8 Å². The van der Waals surface area contributed by atoms with Gasteiger partial charge in [0.1, 0.15) is 0 Å². The quantitative estimate of drug-likeness (QED) is 0.822. The summed E-state index contributed by atoms with van der Waals surface area (Å²) in [6.45, 7) is 0. The van der Waals surface area contributed by atoms with E-state index in [1.54, 1.807) is 7.05 Å². The number of nitrogen functional groups attached to an aromatic ring is 1. The van der Waals surface area contributed by atoms with Crippen molar-refractivity contribution in [1.29, 1.82) is 0 Å². The van der Waals surface area contributed by atoms with Gasteiger partial charge in [0.25, 0.3) is 0 Å². The third-order valence-electron chi connectivity index (χ3n) is 2.17. The molecule has 0 aliphatic carbocycles. The molecule has 6 heteroatoms. The number of aryl methyl sites for hydroxylation is 1. The summed E-state index contributed by atoms with van der Waals surface area (Å²) >= 11 is 1.46. The predicted molar refractivity (Wildman–Crippen MR) is 67.7 cm³/mol. The maximum atomic E-state index is 11.2. The van der Waals surface area contributed by atoms with Gasteiger partial charge in [-0.15, -0.1) is 0 Å². The van der Waals surface area contributed by atoms with Gasteiger partial charge < -0.3 is 5.73 Å². The molecule has 0 spiro atoms. The summed E-state index contributed by atoms with van der Waals surface area (Å²) in [4.78, 5) is 14.9. The third kappa shape index (κ3) is 2.85. The summed E-state index contributed by atoms with van der Waals surface area (Å²) < 4.78 is 1.18. The standard InChI is InChI=1S/C11H12N4OS/c1-15-11(16)13-9(12)10(14-15)17-7-8-5-3-2-4-6-8/h2-6H,7H2,1H3,(H2,12,13,16). The summed E-state index contributed by atoms with van der Waals surface area (Å²) in [6.07, 6.45) is 0. The van der Waals surface area contributed by atoms with Crippen LogP contribution in [0.4, 0.5) is 5.82 Å². The van der Waals surface area contributed by atoms with Gasteiger partial charge in [0.05, 0.1) is 0 Å². The molecule has 0 saturated heterocycles. The van der Waals surface area contributed by atoms with E-state index in [9.17, 15) is 4.79 Å². The van der Waals surface area contributed by atoms with Gasteiger partial charge in [-0.25, -0.2) is 9.48 Å². The Balaban J connectivity index is 2.15. The number of anilines is 1. The minimum atomic E-state index is -0.438. The van der Waals surface area contributed by atoms with Crippen LogP contribution in [0.3, 0.4) is 0 Å². The van der Waals surface area contributed by atoms with Gasteiger partial charge in [-0.05, 0) is 5.56 Å². The van der Waals surface area contributed by atoms with Crippen molar-refractivity contribution >= 4 is 17.6 Å². The van der Waals surface area contributed by atoms with E-state index in [0.29, 0.717) is 5.03 Å². The first-order valence-corrected chi connectivity index (χ1v) is 6.03. The molecule has 17 heavy (non-hydrogen) atoms. The molecule has 0 radical (unpaired) electrons. The smallest absolute Gasteiger partial charge is 0.365 e. The van der Waals surface area contributed by atoms with Crippen molar-refractivity contribution in [2.45, 2.75) is 10.8 Å². The molecule has 0 atom stereocenters. The van der Waals surface area contributed by atoms with E-state index in [4.69, 9.17) is 5.73 Å². The van der Waals surface area contributed by atoms with Crippen molar-refractivity contribution in [1.82, 2.24) is 14.8 Å². The van der Waals surface area contributed by atoms with Crippen molar-refractivity contribution < 1.29 is 0 Å². The third-order valence-corrected chi connectivity index (χ3v) is 3.21. The Kier molecular flexibility index (Phi) is 3.43. The molecule has 0 fully saturated rings. The van der Waals surface area contributed by atoms with Crippen molar-refractivity contribution in [3.63, 3.8) is 0 Å². The highest BCUT2D eigenvalue weighted by atomic mass is 32.2. The zero-order valence-corrected chi connectivity index (χ0v) is 10.1. The Bertz CT molecular complexity index is 567. The number of benzene rings is 1. The van der Waals surface area contributed by atoms with Crippen molar-refractivity contribution in [2.24, 2.45) is 7.05 Å². The molecule has 2 rings (SSSR count). The second kappa shape index (κ2) is 5.01. The number of nitrogens with two attached hydrogens (primary N) is 1. The molecule has 0 amide bonds. The molecule has 0 aliphatic heterocycles. The first-order valence-electron chi connectivity index (χ1n) is 5.04. The predicted octanol–water partition coefficient (Wildman–Crippen LogP) is 1.05. The average molecular weight is 248 g/mol. The van der Waals surface area contributed by atoms with Crippen molar-refractivity contribution in [2.75, 3.05) is 5.73 Å². The highest BCUT2D eigenvalue weighted by molar-refractivity contribution is 7.98. The first kappa shape index (κ1) is 11.7. The van der Waals surface area contributed by atoms with E-state index >= 15 is 0 Å². The van der Waals surface area contributed by atoms with Gasteiger partial charge in [-0.3, -0.25) is 0 Å². The van der Waals surface area contributed by atoms with Crippen LogP contribution in [-0.4, -0.2) is 14.8 Å². The summed E-state index contributed by atoms with van der Waals surface area (Å²) in [5, 5.41) is 4.65. The van der Waals surface area contributed by atoms with Crippen LogP contribution in [0.5, 0.6) is 0 Å². The second-order valence-corrected chi connectivity index (χ2v) is 4.45. The van der Waals surface area contributed by atoms with E-state index in [2.05, 4.69) is 10.1 Å². The lowest BCUT2D eigenvalue weighted by atomic mass is 10.2. The molecule has 5 nitrogen and oxygen atoms in total. The number of aromatic nitrogens is 3. The van der Waals surface area contributed by atoms with E-state index in [-0.39, 0.29) is 5.82 Å². The normalized spacial score (nSPS) is 10.4. The Morgan fingerprint density at radius 2 is 2.06 bits per heavy atom. The fraction of sp³-hybridized carbons (Fsp3) is 0.182. The van der Waals surface area contributed by atoms with Gasteiger partial charge in [0.15, 0.2) is 10.8 Å². The zero-order chi connectivity index (χ0) is 12.3. The van der Waals surface area contributed by atoms with Crippen LogP contribution in [-0.2, 0) is 12.8 Å². The lowest BCUT2D eigenvalue weighted by Gasteiger charge is -2.04. The molecular formula is C11H12N4OS. The number of thioether (sulfide) groups is 1.